The Labute approximate surface area is 231 Å². The standard InChI is InChI=1S/C33H38ClNO3/c1-23(2)25(22-38-29-12-4-3-5-13-29)20-26-19-24-9-6-7-14-30(24)32(26)15-17-33(18-16-32,31(36)37)35-28-11-8-10-27(34)21-28/h3-14,21,23,25-26,35H,15-20,22H2,1-2H3,(H,36,37). The number of rotatable bonds is 9. The van der Waals surface area contributed by atoms with Gasteiger partial charge in [-0.05, 0) is 103 Å². The average molecular weight is 532 g/mol. The van der Waals surface area contributed by atoms with Crippen LogP contribution in [0.3, 0.4) is 0 Å². The van der Waals surface area contributed by atoms with E-state index in [1.54, 1.807) is 0 Å². The second-order valence-electron chi connectivity index (χ2n) is 11.6. The Kier molecular flexibility index (Phi) is 7.72. The molecule has 0 bridgehead atoms. The summed E-state index contributed by atoms with van der Waals surface area (Å²) < 4.78 is 6.23. The maximum Gasteiger partial charge on any atom is 0.329 e. The van der Waals surface area contributed by atoms with Crippen molar-refractivity contribution in [1.82, 2.24) is 0 Å². The number of fused-ring (bicyclic) bond motifs is 2. The highest BCUT2D eigenvalue weighted by atomic mass is 35.5. The van der Waals surface area contributed by atoms with Crippen LogP contribution in [0.15, 0.2) is 78.9 Å². The predicted octanol–water partition coefficient (Wildman–Crippen LogP) is 8.00. The monoisotopic (exact) mass is 531 g/mol. The Bertz CT molecular complexity index is 1250. The fraction of sp³-hybridized carbons (Fsp3) is 0.424. The number of carbonyl (C=O) groups is 1. The van der Waals surface area contributed by atoms with Gasteiger partial charge in [-0.1, -0.05) is 74.0 Å². The van der Waals surface area contributed by atoms with E-state index in [-0.39, 0.29) is 5.41 Å². The smallest absolute Gasteiger partial charge is 0.329 e. The second-order valence-corrected chi connectivity index (χ2v) is 12.0. The third-order valence-electron chi connectivity index (χ3n) is 9.15. The van der Waals surface area contributed by atoms with Crippen LogP contribution < -0.4 is 10.1 Å². The molecule has 2 unspecified atom stereocenters. The minimum absolute atomic E-state index is 0.00849. The van der Waals surface area contributed by atoms with Gasteiger partial charge in [0.1, 0.15) is 11.3 Å². The van der Waals surface area contributed by atoms with Crippen molar-refractivity contribution in [2.45, 2.75) is 63.3 Å². The van der Waals surface area contributed by atoms with Gasteiger partial charge in [0.25, 0.3) is 0 Å². The van der Waals surface area contributed by atoms with Gasteiger partial charge in [-0.15, -0.1) is 0 Å². The number of carboxylic acid groups (broad SMARTS) is 1. The van der Waals surface area contributed by atoms with E-state index in [0.29, 0.717) is 42.2 Å². The summed E-state index contributed by atoms with van der Waals surface area (Å²) >= 11 is 6.20. The van der Waals surface area contributed by atoms with Crippen LogP contribution in [0.25, 0.3) is 0 Å². The van der Waals surface area contributed by atoms with Gasteiger partial charge in [-0.3, -0.25) is 0 Å². The van der Waals surface area contributed by atoms with E-state index in [4.69, 9.17) is 16.3 Å². The number of ether oxygens (including phenoxy) is 1. The zero-order valence-corrected chi connectivity index (χ0v) is 23.1. The van der Waals surface area contributed by atoms with Crippen molar-refractivity contribution in [2.75, 3.05) is 11.9 Å². The Hall–Kier alpha value is -2.98. The molecule has 0 saturated heterocycles. The molecule has 2 aliphatic carbocycles. The molecule has 2 atom stereocenters. The molecule has 1 fully saturated rings. The van der Waals surface area contributed by atoms with Crippen molar-refractivity contribution in [1.29, 1.82) is 0 Å². The lowest BCUT2D eigenvalue weighted by Gasteiger charge is -2.47. The molecule has 2 aliphatic rings. The van der Waals surface area contributed by atoms with Crippen molar-refractivity contribution < 1.29 is 14.6 Å². The van der Waals surface area contributed by atoms with E-state index in [2.05, 4.69) is 43.4 Å². The molecule has 3 aromatic rings. The SMILES string of the molecule is CC(C)C(COc1ccccc1)CC1Cc2ccccc2C12CCC(Nc1cccc(Cl)c1)(C(=O)O)CC2. The molecule has 200 valence electrons. The first kappa shape index (κ1) is 26.6. The van der Waals surface area contributed by atoms with Gasteiger partial charge in [0.05, 0.1) is 6.61 Å². The van der Waals surface area contributed by atoms with Gasteiger partial charge in [0, 0.05) is 10.7 Å². The highest BCUT2D eigenvalue weighted by Gasteiger charge is 2.54. The van der Waals surface area contributed by atoms with E-state index >= 15 is 0 Å². The quantitative estimate of drug-likeness (QED) is 0.293. The average Bonchev–Trinajstić information content (AvgIpc) is 3.21. The van der Waals surface area contributed by atoms with Crippen LogP contribution >= 0.6 is 11.6 Å². The molecule has 0 aliphatic heterocycles. The lowest BCUT2D eigenvalue weighted by molar-refractivity contribution is -0.144. The molecule has 0 aromatic heterocycles. The van der Waals surface area contributed by atoms with Crippen molar-refractivity contribution in [3.05, 3.63) is 95.0 Å². The fourth-order valence-electron chi connectivity index (χ4n) is 6.83. The van der Waals surface area contributed by atoms with E-state index in [1.807, 2.05) is 54.6 Å². The number of para-hydroxylation sites is 1. The number of hydrogen-bond donors (Lipinski definition) is 2. The number of carboxylic acids is 1. The second kappa shape index (κ2) is 11.0. The Morgan fingerprint density at radius 2 is 1.71 bits per heavy atom. The topological polar surface area (TPSA) is 58.6 Å². The Morgan fingerprint density at radius 1 is 1.00 bits per heavy atom. The summed E-state index contributed by atoms with van der Waals surface area (Å²) in [5, 5.41) is 14.4. The molecule has 0 amide bonds. The molecule has 1 spiro atoms. The number of benzene rings is 3. The zero-order chi connectivity index (χ0) is 26.8. The first-order chi connectivity index (χ1) is 18.3. The lowest BCUT2D eigenvalue weighted by Crippen LogP contribution is -2.53. The molecule has 4 nitrogen and oxygen atoms in total. The zero-order valence-electron chi connectivity index (χ0n) is 22.3. The van der Waals surface area contributed by atoms with Crippen molar-refractivity contribution in [2.24, 2.45) is 17.8 Å². The van der Waals surface area contributed by atoms with Gasteiger partial charge in [-0.25, -0.2) is 4.79 Å². The maximum absolute atomic E-state index is 12.7. The minimum atomic E-state index is -0.994. The molecule has 0 radical (unpaired) electrons. The highest BCUT2D eigenvalue weighted by Crippen LogP contribution is 2.56. The van der Waals surface area contributed by atoms with Crippen LogP contribution in [-0.4, -0.2) is 23.2 Å². The van der Waals surface area contributed by atoms with Gasteiger partial charge in [-0.2, -0.15) is 0 Å². The minimum Gasteiger partial charge on any atom is -0.493 e. The summed E-state index contributed by atoms with van der Waals surface area (Å²) in [5.41, 5.74) is 2.61. The van der Waals surface area contributed by atoms with E-state index in [9.17, 15) is 9.90 Å². The van der Waals surface area contributed by atoms with Gasteiger partial charge >= 0.3 is 5.97 Å². The van der Waals surface area contributed by atoms with Gasteiger partial charge < -0.3 is 15.2 Å². The van der Waals surface area contributed by atoms with Crippen molar-refractivity contribution >= 4 is 23.3 Å². The predicted molar refractivity (Wildman–Crippen MR) is 154 cm³/mol. The van der Waals surface area contributed by atoms with Gasteiger partial charge in [0.2, 0.25) is 0 Å². The summed E-state index contributed by atoms with van der Waals surface area (Å²) in [4.78, 5) is 12.7. The third kappa shape index (κ3) is 5.29. The van der Waals surface area contributed by atoms with E-state index < -0.39 is 11.5 Å². The van der Waals surface area contributed by atoms with Gasteiger partial charge in [0.15, 0.2) is 0 Å². The Morgan fingerprint density at radius 3 is 2.39 bits per heavy atom. The summed E-state index contributed by atoms with van der Waals surface area (Å²) in [6.07, 6.45) is 4.96. The first-order valence-corrected chi connectivity index (χ1v) is 14.2. The molecule has 1 saturated carbocycles. The normalized spacial score (nSPS) is 25.2. The summed E-state index contributed by atoms with van der Waals surface area (Å²) in [5.74, 6) is 1.50. The third-order valence-corrected chi connectivity index (χ3v) is 9.39. The van der Waals surface area contributed by atoms with E-state index in [1.165, 1.54) is 11.1 Å². The molecule has 38 heavy (non-hydrogen) atoms. The summed E-state index contributed by atoms with van der Waals surface area (Å²) in [6, 6.07) is 26.3. The van der Waals surface area contributed by atoms with Crippen LogP contribution in [-0.2, 0) is 16.6 Å². The Balaban J connectivity index is 1.38. The maximum atomic E-state index is 12.7. The molecule has 2 N–H and O–H groups in total. The number of aliphatic carboxylic acids is 1. The van der Waals surface area contributed by atoms with Crippen molar-refractivity contribution in [3.63, 3.8) is 0 Å². The number of hydrogen-bond acceptors (Lipinski definition) is 3. The molecular formula is C33H38ClNO3. The van der Waals surface area contributed by atoms with Crippen LogP contribution in [0, 0.1) is 17.8 Å². The van der Waals surface area contributed by atoms with Crippen LogP contribution in [0.4, 0.5) is 5.69 Å². The largest absolute Gasteiger partial charge is 0.493 e. The summed E-state index contributed by atoms with van der Waals surface area (Å²) in [6.45, 7) is 5.28. The summed E-state index contributed by atoms with van der Waals surface area (Å²) in [7, 11) is 0. The highest BCUT2D eigenvalue weighted by molar-refractivity contribution is 6.30. The number of anilines is 1. The lowest BCUT2D eigenvalue weighted by atomic mass is 9.59. The molecule has 0 heterocycles. The fourth-order valence-corrected chi connectivity index (χ4v) is 7.02. The molecular weight excluding hydrogens is 494 g/mol. The van der Waals surface area contributed by atoms with Crippen LogP contribution in [0.2, 0.25) is 5.02 Å². The van der Waals surface area contributed by atoms with Crippen LogP contribution in [0.5, 0.6) is 5.75 Å². The number of halogens is 1. The van der Waals surface area contributed by atoms with Crippen molar-refractivity contribution in [3.8, 4) is 5.75 Å². The molecule has 5 rings (SSSR count). The molecule has 3 aromatic carbocycles. The van der Waals surface area contributed by atoms with E-state index in [0.717, 1.165) is 37.1 Å². The van der Waals surface area contributed by atoms with Crippen LogP contribution in [0.1, 0.15) is 57.1 Å². The number of nitrogens with one attached hydrogen (secondary N) is 1. The molecule has 5 heteroatoms. The first-order valence-electron chi connectivity index (χ1n) is 13.8.